The van der Waals surface area contributed by atoms with Gasteiger partial charge in [0, 0.05) is 57.3 Å². The van der Waals surface area contributed by atoms with E-state index in [0.29, 0.717) is 12.0 Å². The number of aromatic nitrogens is 1. The molecule has 4 rings (SSSR count). The van der Waals surface area contributed by atoms with Gasteiger partial charge in [-0.1, -0.05) is 35.5 Å². The fourth-order valence-electron chi connectivity index (χ4n) is 3.82. The van der Waals surface area contributed by atoms with Gasteiger partial charge in [-0.3, -0.25) is 9.89 Å². The van der Waals surface area contributed by atoms with Crippen molar-refractivity contribution in [2.24, 2.45) is 4.99 Å². The molecule has 6 nitrogen and oxygen atoms in total. The Bertz CT molecular complexity index is 764. The molecule has 2 unspecified atom stereocenters. The summed E-state index contributed by atoms with van der Waals surface area (Å²) in [5.74, 6) is 2.56. The van der Waals surface area contributed by atoms with Crippen LogP contribution in [0.2, 0.25) is 0 Å². The molecular formula is C21H29N5O. The average Bonchev–Trinajstić information content (AvgIpc) is 3.35. The standard InChI is InChI=1S/C21H29N5O/c1-3-22-21(23-20-14-19(20)17-7-5-4-6-8-17)26-11-9-25(10-12-26)15-18-13-16(2)27-24-18/h4-8,13,19-20H,3,9-12,14-15H2,1-2H3,(H,22,23). The van der Waals surface area contributed by atoms with Crippen LogP contribution >= 0.6 is 0 Å². The van der Waals surface area contributed by atoms with Gasteiger partial charge in [-0.2, -0.15) is 0 Å². The lowest BCUT2D eigenvalue weighted by Crippen LogP contribution is -2.52. The van der Waals surface area contributed by atoms with Crippen molar-refractivity contribution in [2.45, 2.75) is 38.8 Å². The summed E-state index contributed by atoms with van der Waals surface area (Å²) in [6.45, 7) is 9.73. The third kappa shape index (κ3) is 4.50. The Kier molecular flexibility index (Phi) is 5.43. The summed E-state index contributed by atoms with van der Waals surface area (Å²) in [5.41, 5.74) is 2.45. The minimum atomic E-state index is 0.508. The summed E-state index contributed by atoms with van der Waals surface area (Å²) < 4.78 is 5.18. The number of aryl methyl sites for hydroxylation is 1. The predicted molar refractivity (Wildman–Crippen MR) is 107 cm³/mol. The van der Waals surface area contributed by atoms with Crippen molar-refractivity contribution < 1.29 is 4.52 Å². The molecule has 144 valence electrons. The van der Waals surface area contributed by atoms with Crippen molar-refractivity contribution in [3.8, 4) is 0 Å². The summed E-state index contributed by atoms with van der Waals surface area (Å²) in [7, 11) is 0. The lowest BCUT2D eigenvalue weighted by molar-refractivity contribution is 0.168. The van der Waals surface area contributed by atoms with E-state index in [1.807, 2.05) is 13.0 Å². The molecule has 0 radical (unpaired) electrons. The van der Waals surface area contributed by atoms with E-state index in [1.54, 1.807) is 0 Å². The molecule has 1 aromatic carbocycles. The molecule has 2 fully saturated rings. The molecule has 1 saturated carbocycles. The maximum absolute atomic E-state index is 5.18. The van der Waals surface area contributed by atoms with E-state index in [2.05, 4.69) is 57.5 Å². The number of hydrogen-bond donors (Lipinski definition) is 1. The highest BCUT2D eigenvalue weighted by Gasteiger charge is 2.39. The minimum Gasteiger partial charge on any atom is -0.361 e. The van der Waals surface area contributed by atoms with Crippen molar-refractivity contribution in [3.63, 3.8) is 0 Å². The number of piperazine rings is 1. The van der Waals surface area contributed by atoms with Gasteiger partial charge < -0.3 is 14.7 Å². The van der Waals surface area contributed by atoms with E-state index in [1.165, 1.54) is 12.0 Å². The molecule has 1 aliphatic heterocycles. The Labute approximate surface area is 161 Å². The fraction of sp³-hybridized carbons (Fsp3) is 0.524. The molecule has 2 heterocycles. The van der Waals surface area contributed by atoms with E-state index in [4.69, 9.17) is 9.52 Å². The molecule has 1 saturated heterocycles. The maximum Gasteiger partial charge on any atom is 0.194 e. The van der Waals surface area contributed by atoms with Gasteiger partial charge in [0.1, 0.15) is 5.76 Å². The second-order valence-corrected chi connectivity index (χ2v) is 7.49. The Morgan fingerprint density at radius 1 is 1.22 bits per heavy atom. The number of hydrogen-bond acceptors (Lipinski definition) is 4. The predicted octanol–water partition coefficient (Wildman–Crippen LogP) is 2.62. The van der Waals surface area contributed by atoms with Gasteiger partial charge in [-0.15, -0.1) is 0 Å². The van der Waals surface area contributed by atoms with Crippen LogP contribution in [0.15, 0.2) is 45.9 Å². The topological polar surface area (TPSA) is 56.9 Å². The zero-order valence-corrected chi connectivity index (χ0v) is 16.3. The lowest BCUT2D eigenvalue weighted by atomic mass is 10.1. The third-order valence-corrected chi connectivity index (χ3v) is 5.37. The molecular weight excluding hydrogens is 338 g/mol. The summed E-state index contributed by atoms with van der Waals surface area (Å²) in [6.07, 6.45) is 1.19. The highest BCUT2D eigenvalue weighted by atomic mass is 16.5. The largest absolute Gasteiger partial charge is 0.361 e. The fourth-order valence-corrected chi connectivity index (χ4v) is 3.82. The quantitative estimate of drug-likeness (QED) is 0.650. The molecule has 1 N–H and O–H groups in total. The first kappa shape index (κ1) is 18.0. The molecule has 0 spiro atoms. The zero-order valence-electron chi connectivity index (χ0n) is 16.3. The molecule has 27 heavy (non-hydrogen) atoms. The number of nitrogens with zero attached hydrogens (tertiary/aromatic N) is 4. The Morgan fingerprint density at radius 3 is 2.67 bits per heavy atom. The van der Waals surface area contributed by atoms with Gasteiger partial charge in [0.2, 0.25) is 0 Å². The Morgan fingerprint density at radius 2 is 2.00 bits per heavy atom. The van der Waals surface area contributed by atoms with Gasteiger partial charge in [0.05, 0.1) is 5.69 Å². The molecule has 0 bridgehead atoms. The van der Waals surface area contributed by atoms with Crippen LogP contribution < -0.4 is 5.32 Å². The summed E-state index contributed by atoms with van der Waals surface area (Å²) in [5, 5.41) is 7.82. The number of rotatable bonds is 5. The minimum absolute atomic E-state index is 0.508. The van der Waals surface area contributed by atoms with Gasteiger partial charge in [-0.05, 0) is 25.8 Å². The highest BCUT2D eigenvalue weighted by molar-refractivity contribution is 5.81. The molecule has 0 amide bonds. The number of benzene rings is 1. The number of nitrogens with one attached hydrogen (secondary N) is 1. The van der Waals surface area contributed by atoms with E-state index < -0.39 is 0 Å². The molecule has 6 heteroatoms. The molecule has 1 aliphatic carbocycles. The third-order valence-electron chi connectivity index (χ3n) is 5.37. The van der Waals surface area contributed by atoms with Crippen LogP contribution in [0.3, 0.4) is 0 Å². The van der Waals surface area contributed by atoms with Crippen LogP contribution in [0.5, 0.6) is 0 Å². The Balaban J connectivity index is 1.29. The monoisotopic (exact) mass is 367 g/mol. The first-order valence-corrected chi connectivity index (χ1v) is 9.98. The van der Waals surface area contributed by atoms with Crippen LogP contribution in [0.25, 0.3) is 0 Å². The van der Waals surface area contributed by atoms with Crippen LogP contribution in [-0.2, 0) is 6.54 Å². The van der Waals surface area contributed by atoms with Gasteiger partial charge >= 0.3 is 0 Å². The summed E-state index contributed by atoms with van der Waals surface area (Å²) >= 11 is 0. The van der Waals surface area contributed by atoms with Crippen LogP contribution in [-0.4, -0.2) is 59.7 Å². The highest BCUT2D eigenvalue weighted by Crippen LogP contribution is 2.40. The van der Waals surface area contributed by atoms with Crippen molar-refractivity contribution in [1.29, 1.82) is 0 Å². The number of guanidine groups is 1. The van der Waals surface area contributed by atoms with E-state index >= 15 is 0 Å². The molecule has 1 aromatic heterocycles. The van der Waals surface area contributed by atoms with Crippen LogP contribution in [0, 0.1) is 6.92 Å². The average molecular weight is 367 g/mol. The van der Waals surface area contributed by atoms with E-state index in [9.17, 15) is 0 Å². The smallest absolute Gasteiger partial charge is 0.194 e. The van der Waals surface area contributed by atoms with Crippen molar-refractivity contribution in [1.82, 2.24) is 20.3 Å². The van der Waals surface area contributed by atoms with E-state index in [-0.39, 0.29) is 0 Å². The van der Waals surface area contributed by atoms with Gasteiger partial charge in [-0.25, -0.2) is 0 Å². The van der Waals surface area contributed by atoms with Gasteiger partial charge in [0.25, 0.3) is 0 Å². The SMILES string of the molecule is CCN=C(NC1CC1c1ccccc1)N1CCN(Cc2cc(C)on2)CC1. The second kappa shape index (κ2) is 8.13. The van der Waals surface area contributed by atoms with Gasteiger partial charge in [0.15, 0.2) is 5.96 Å². The maximum atomic E-state index is 5.18. The van der Waals surface area contributed by atoms with Crippen LogP contribution in [0.1, 0.15) is 36.3 Å². The molecule has 2 aliphatic rings. The number of aliphatic imine (C=N–C) groups is 1. The van der Waals surface area contributed by atoms with E-state index in [0.717, 1.165) is 56.7 Å². The first-order chi connectivity index (χ1) is 13.2. The van der Waals surface area contributed by atoms with Crippen molar-refractivity contribution in [2.75, 3.05) is 32.7 Å². The Hall–Kier alpha value is -2.34. The van der Waals surface area contributed by atoms with Crippen LogP contribution in [0.4, 0.5) is 0 Å². The summed E-state index contributed by atoms with van der Waals surface area (Å²) in [6, 6.07) is 13.3. The normalized spacial score (nSPS) is 23.5. The second-order valence-electron chi connectivity index (χ2n) is 7.49. The first-order valence-electron chi connectivity index (χ1n) is 9.98. The van der Waals surface area contributed by atoms with Crippen molar-refractivity contribution >= 4 is 5.96 Å². The summed E-state index contributed by atoms with van der Waals surface area (Å²) in [4.78, 5) is 9.58. The molecule has 2 aromatic rings. The molecule has 2 atom stereocenters. The zero-order chi connectivity index (χ0) is 18.6. The lowest BCUT2D eigenvalue weighted by Gasteiger charge is -2.36. The van der Waals surface area contributed by atoms with Crippen molar-refractivity contribution in [3.05, 3.63) is 53.4 Å².